The Kier molecular flexibility index (Phi) is 6.11. The molecule has 0 N–H and O–H groups in total. The summed E-state index contributed by atoms with van der Waals surface area (Å²) < 4.78 is 5.18. The topological polar surface area (TPSA) is 45.7 Å². The van der Waals surface area contributed by atoms with Crippen molar-refractivity contribution in [3.05, 3.63) is 65.2 Å². The van der Waals surface area contributed by atoms with E-state index in [4.69, 9.17) is 9.72 Å². The Bertz CT molecular complexity index is 1060. The SMILES string of the molecule is COCCN1CCN(C(=O)c2cc(-c3ccc(C)cc3C)nc3ccccc23)CC1. The first-order valence-corrected chi connectivity index (χ1v) is 10.5. The van der Waals surface area contributed by atoms with Crippen molar-refractivity contribution in [1.29, 1.82) is 0 Å². The number of piperazine rings is 1. The van der Waals surface area contributed by atoms with E-state index < -0.39 is 0 Å². The Hall–Kier alpha value is -2.76. The van der Waals surface area contributed by atoms with Crippen LogP contribution in [0.2, 0.25) is 0 Å². The molecule has 1 aliphatic rings. The van der Waals surface area contributed by atoms with Gasteiger partial charge in [0.05, 0.1) is 23.4 Å². The number of methoxy groups -OCH3 is 1. The molecule has 3 aromatic rings. The lowest BCUT2D eigenvalue weighted by atomic mass is 9.99. The van der Waals surface area contributed by atoms with E-state index in [2.05, 4.69) is 36.9 Å². The molecular formula is C25H29N3O2. The van der Waals surface area contributed by atoms with Crippen molar-refractivity contribution in [2.45, 2.75) is 13.8 Å². The number of nitrogens with zero attached hydrogens (tertiary/aromatic N) is 3. The summed E-state index contributed by atoms with van der Waals surface area (Å²) in [5.41, 5.74) is 5.92. The molecule has 0 aliphatic carbocycles. The van der Waals surface area contributed by atoms with Gasteiger partial charge in [-0.1, -0.05) is 42.0 Å². The average Bonchev–Trinajstić information content (AvgIpc) is 2.77. The second kappa shape index (κ2) is 8.94. The maximum Gasteiger partial charge on any atom is 0.254 e. The molecule has 0 radical (unpaired) electrons. The van der Waals surface area contributed by atoms with Crippen LogP contribution in [-0.4, -0.2) is 67.1 Å². The Labute approximate surface area is 178 Å². The number of benzene rings is 2. The molecule has 0 saturated carbocycles. The lowest BCUT2D eigenvalue weighted by Crippen LogP contribution is -2.49. The van der Waals surface area contributed by atoms with Gasteiger partial charge in [0.2, 0.25) is 0 Å². The van der Waals surface area contributed by atoms with E-state index in [0.717, 1.165) is 67.1 Å². The van der Waals surface area contributed by atoms with Crippen LogP contribution in [0.3, 0.4) is 0 Å². The second-order valence-electron chi connectivity index (χ2n) is 8.02. The zero-order valence-electron chi connectivity index (χ0n) is 18.0. The lowest BCUT2D eigenvalue weighted by molar-refractivity contribution is 0.0596. The van der Waals surface area contributed by atoms with Crippen molar-refractivity contribution < 1.29 is 9.53 Å². The van der Waals surface area contributed by atoms with Crippen molar-refractivity contribution in [2.24, 2.45) is 0 Å². The van der Waals surface area contributed by atoms with E-state index in [1.165, 1.54) is 11.1 Å². The van der Waals surface area contributed by atoms with Crippen LogP contribution in [-0.2, 0) is 4.74 Å². The van der Waals surface area contributed by atoms with Gasteiger partial charge in [-0.05, 0) is 31.5 Å². The Morgan fingerprint density at radius 1 is 1.03 bits per heavy atom. The third-order valence-electron chi connectivity index (χ3n) is 5.88. The maximum atomic E-state index is 13.5. The molecule has 1 aromatic heterocycles. The molecule has 0 atom stereocenters. The summed E-state index contributed by atoms with van der Waals surface area (Å²) in [5.74, 6) is 0.0889. The lowest BCUT2D eigenvalue weighted by Gasteiger charge is -2.34. The predicted octanol–water partition coefficient (Wildman–Crippen LogP) is 3.92. The molecule has 30 heavy (non-hydrogen) atoms. The molecule has 5 heteroatoms. The third kappa shape index (κ3) is 4.23. The van der Waals surface area contributed by atoms with Gasteiger partial charge in [0.25, 0.3) is 5.91 Å². The summed E-state index contributed by atoms with van der Waals surface area (Å²) in [6.45, 7) is 9.04. The average molecular weight is 404 g/mol. The molecule has 0 bridgehead atoms. The number of carbonyl (C=O) groups excluding carboxylic acids is 1. The van der Waals surface area contributed by atoms with E-state index in [0.29, 0.717) is 0 Å². The predicted molar refractivity (Wildman–Crippen MR) is 121 cm³/mol. The fraction of sp³-hybridized carbons (Fsp3) is 0.360. The van der Waals surface area contributed by atoms with E-state index in [-0.39, 0.29) is 5.91 Å². The first kappa shape index (κ1) is 20.5. The molecule has 0 unspecified atom stereocenters. The highest BCUT2D eigenvalue weighted by Gasteiger charge is 2.24. The van der Waals surface area contributed by atoms with Crippen molar-refractivity contribution in [1.82, 2.24) is 14.8 Å². The molecular weight excluding hydrogens is 374 g/mol. The zero-order chi connectivity index (χ0) is 21.1. The fourth-order valence-corrected chi connectivity index (χ4v) is 4.16. The molecule has 1 amide bonds. The minimum Gasteiger partial charge on any atom is -0.383 e. The van der Waals surface area contributed by atoms with Crippen molar-refractivity contribution in [3.63, 3.8) is 0 Å². The molecule has 1 fully saturated rings. The van der Waals surface area contributed by atoms with E-state index >= 15 is 0 Å². The smallest absolute Gasteiger partial charge is 0.254 e. The Morgan fingerprint density at radius 2 is 1.80 bits per heavy atom. The summed E-state index contributed by atoms with van der Waals surface area (Å²) in [4.78, 5) is 22.7. The zero-order valence-corrected chi connectivity index (χ0v) is 18.0. The van der Waals surface area contributed by atoms with Crippen LogP contribution in [0.1, 0.15) is 21.5 Å². The Balaban J connectivity index is 1.67. The normalized spacial score (nSPS) is 15.0. The molecule has 0 spiro atoms. The first-order valence-electron chi connectivity index (χ1n) is 10.5. The van der Waals surface area contributed by atoms with E-state index in [1.807, 2.05) is 35.2 Å². The monoisotopic (exact) mass is 403 g/mol. The highest BCUT2D eigenvalue weighted by molar-refractivity contribution is 6.07. The summed E-state index contributed by atoms with van der Waals surface area (Å²) in [5, 5.41) is 0.915. The third-order valence-corrected chi connectivity index (χ3v) is 5.88. The molecule has 2 heterocycles. The fourth-order valence-electron chi connectivity index (χ4n) is 4.16. The number of fused-ring (bicyclic) bond motifs is 1. The summed E-state index contributed by atoms with van der Waals surface area (Å²) in [6, 6.07) is 16.3. The number of para-hydroxylation sites is 1. The number of hydrogen-bond donors (Lipinski definition) is 0. The van der Waals surface area contributed by atoms with Crippen molar-refractivity contribution in [2.75, 3.05) is 46.4 Å². The summed E-state index contributed by atoms with van der Waals surface area (Å²) in [6.07, 6.45) is 0. The molecule has 1 saturated heterocycles. The summed E-state index contributed by atoms with van der Waals surface area (Å²) >= 11 is 0. The van der Waals surface area contributed by atoms with Gasteiger partial charge < -0.3 is 9.64 Å². The number of amides is 1. The van der Waals surface area contributed by atoms with Gasteiger partial charge in [0.1, 0.15) is 0 Å². The molecule has 4 rings (SSSR count). The van der Waals surface area contributed by atoms with Crippen LogP contribution in [0.5, 0.6) is 0 Å². The number of hydrogen-bond acceptors (Lipinski definition) is 4. The van der Waals surface area contributed by atoms with Crippen LogP contribution < -0.4 is 0 Å². The number of rotatable bonds is 5. The van der Waals surface area contributed by atoms with Crippen LogP contribution in [0, 0.1) is 13.8 Å². The number of aryl methyl sites for hydroxylation is 2. The quantitative estimate of drug-likeness (QED) is 0.648. The highest BCUT2D eigenvalue weighted by Crippen LogP contribution is 2.28. The first-order chi connectivity index (χ1) is 14.6. The Morgan fingerprint density at radius 3 is 2.53 bits per heavy atom. The van der Waals surface area contributed by atoms with Gasteiger partial charge in [-0.3, -0.25) is 9.69 Å². The molecule has 5 nitrogen and oxygen atoms in total. The molecule has 1 aliphatic heterocycles. The van der Waals surface area contributed by atoms with Gasteiger partial charge in [0, 0.05) is 50.8 Å². The maximum absolute atomic E-state index is 13.5. The van der Waals surface area contributed by atoms with Crippen LogP contribution >= 0.6 is 0 Å². The van der Waals surface area contributed by atoms with Gasteiger partial charge >= 0.3 is 0 Å². The van der Waals surface area contributed by atoms with Gasteiger partial charge in [-0.15, -0.1) is 0 Å². The van der Waals surface area contributed by atoms with Gasteiger partial charge in [-0.25, -0.2) is 4.98 Å². The van der Waals surface area contributed by atoms with Crippen LogP contribution in [0.15, 0.2) is 48.5 Å². The largest absolute Gasteiger partial charge is 0.383 e. The van der Waals surface area contributed by atoms with Crippen LogP contribution in [0.4, 0.5) is 0 Å². The van der Waals surface area contributed by atoms with Gasteiger partial charge in [-0.2, -0.15) is 0 Å². The molecule has 156 valence electrons. The number of ether oxygens (including phenoxy) is 1. The highest BCUT2D eigenvalue weighted by atomic mass is 16.5. The summed E-state index contributed by atoms with van der Waals surface area (Å²) in [7, 11) is 1.72. The van der Waals surface area contributed by atoms with E-state index in [1.54, 1.807) is 7.11 Å². The van der Waals surface area contributed by atoms with Crippen molar-refractivity contribution >= 4 is 16.8 Å². The minimum absolute atomic E-state index is 0.0889. The number of aromatic nitrogens is 1. The van der Waals surface area contributed by atoms with Crippen molar-refractivity contribution in [3.8, 4) is 11.3 Å². The number of pyridine rings is 1. The second-order valence-corrected chi connectivity index (χ2v) is 8.02. The van der Waals surface area contributed by atoms with Gasteiger partial charge in [0.15, 0.2) is 0 Å². The number of carbonyl (C=O) groups is 1. The molecule has 2 aromatic carbocycles. The van der Waals surface area contributed by atoms with Crippen LogP contribution in [0.25, 0.3) is 22.2 Å². The standard InChI is InChI=1S/C25H29N3O2/c1-18-8-9-20(19(2)16-18)24-17-22(21-6-4-5-7-23(21)26-24)25(29)28-12-10-27(11-13-28)14-15-30-3/h4-9,16-17H,10-15H2,1-3H3. The minimum atomic E-state index is 0.0889. The van der Waals surface area contributed by atoms with E-state index in [9.17, 15) is 4.79 Å².